The van der Waals surface area contributed by atoms with E-state index in [1.54, 1.807) is 0 Å². The minimum Gasteiger partial charge on any atom is -0.379 e. The van der Waals surface area contributed by atoms with Crippen molar-refractivity contribution in [2.24, 2.45) is 0 Å². The van der Waals surface area contributed by atoms with Crippen LogP contribution in [-0.2, 0) is 15.9 Å². The summed E-state index contributed by atoms with van der Waals surface area (Å²) < 4.78 is 11.0. The van der Waals surface area contributed by atoms with Crippen LogP contribution in [0.2, 0.25) is 5.02 Å². The zero-order valence-corrected chi connectivity index (χ0v) is 18.6. The number of amides is 2. The van der Waals surface area contributed by atoms with Crippen molar-refractivity contribution in [3.05, 3.63) is 20.5 Å². The van der Waals surface area contributed by atoms with E-state index >= 15 is 0 Å². The maximum Gasteiger partial charge on any atom is 0.326 e. The Morgan fingerprint density at radius 1 is 1.24 bits per heavy atom. The third-order valence-electron chi connectivity index (χ3n) is 4.99. The summed E-state index contributed by atoms with van der Waals surface area (Å²) >= 11 is 9.39. The van der Waals surface area contributed by atoms with Crippen LogP contribution in [0.4, 0.5) is 14.9 Å². The molecular weight excluding hydrogens is 434 g/mol. The molecule has 29 heavy (non-hydrogen) atoms. The van der Waals surface area contributed by atoms with Gasteiger partial charge in [0.25, 0.3) is 0 Å². The molecule has 2 aromatic heterocycles. The molecule has 4 heterocycles. The zero-order valence-electron chi connectivity index (χ0n) is 16.2. The molecule has 1 unspecified atom stereocenters. The van der Waals surface area contributed by atoms with E-state index in [2.05, 4.69) is 25.7 Å². The number of urea groups is 1. The van der Waals surface area contributed by atoms with Gasteiger partial charge in [-0.15, -0.1) is 21.5 Å². The highest BCUT2D eigenvalue weighted by molar-refractivity contribution is 7.17. The minimum atomic E-state index is -0.346. The molecule has 1 atom stereocenters. The van der Waals surface area contributed by atoms with Gasteiger partial charge in [-0.05, 0) is 26.2 Å². The molecule has 2 aliphatic heterocycles. The normalized spacial score (nSPS) is 20.1. The first-order valence-electron chi connectivity index (χ1n) is 9.71. The quantitative estimate of drug-likeness (QED) is 0.683. The van der Waals surface area contributed by atoms with Crippen LogP contribution in [0.1, 0.15) is 34.4 Å². The van der Waals surface area contributed by atoms with Crippen molar-refractivity contribution < 1.29 is 14.3 Å². The molecule has 2 saturated heterocycles. The van der Waals surface area contributed by atoms with Crippen LogP contribution in [-0.4, -0.2) is 60.6 Å². The minimum absolute atomic E-state index is 0.00140. The van der Waals surface area contributed by atoms with E-state index in [4.69, 9.17) is 21.1 Å². The summed E-state index contributed by atoms with van der Waals surface area (Å²) in [6, 6.07) is -0.346. The van der Waals surface area contributed by atoms with E-state index in [1.807, 2.05) is 6.92 Å². The van der Waals surface area contributed by atoms with E-state index in [0.717, 1.165) is 84.2 Å². The van der Waals surface area contributed by atoms with Crippen molar-refractivity contribution in [1.82, 2.24) is 15.1 Å². The van der Waals surface area contributed by atoms with Gasteiger partial charge in [-0.2, -0.15) is 0 Å². The lowest BCUT2D eigenvalue weighted by atomic mass is 10.2. The molecule has 158 valence electrons. The number of carbonyl (C=O) groups excluding carboxylic acids is 1. The van der Waals surface area contributed by atoms with Gasteiger partial charge in [-0.1, -0.05) is 22.9 Å². The maximum absolute atomic E-state index is 12.4. The Labute approximate surface area is 182 Å². The highest BCUT2D eigenvalue weighted by Gasteiger charge is 2.23. The molecule has 11 heteroatoms. The summed E-state index contributed by atoms with van der Waals surface area (Å²) in [6.07, 6.45) is 2.83. The maximum atomic E-state index is 12.4. The number of aromatic nitrogens is 2. The molecule has 2 aromatic rings. The van der Waals surface area contributed by atoms with E-state index < -0.39 is 0 Å². The molecule has 2 N–H and O–H groups in total. The Kier molecular flexibility index (Phi) is 6.99. The number of hydrogen-bond acceptors (Lipinski definition) is 8. The largest absolute Gasteiger partial charge is 0.379 e. The van der Waals surface area contributed by atoms with E-state index in [9.17, 15) is 4.79 Å². The van der Waals surface area contributed by atoms with Crippen LogP contribution in [0.25, 0.3) is 0 Å². The zero-order chi connectivity index (χ0) is 20.2. The summed E-state index contributed by atoms with van der Waals surface area (Å²) in [5, 5.41) is 16.6. The predicted molar refractivity (Wildman–Crippen MR) is 116 cm³/mol. The molecular formula is C18H24ClN5O3S2. The molecule has 0 saturated carbocycles. The van der Waals surface area contributed by atoms with Crippen LogP contribution in [0.15, 0.2) is 0 Å². The summed E-state index contributed by atoms with van der Waals surface area (Å²) in [5.74, 6) is 0. The second kappa shape index (κ2) is 9.67. The highest BCUT2D eigenvalue weighted by Crippen LogP contribution is 2.37. The van der Waals surface area contributed by atoms with Crippen LogP contribution < -0.4 is 10.6 Å². The van der Waals surface area contributed by atoms with E-state index in [1.165, 1.54) is 22.7 Å². The lowest BCUT2D eigenvalue weighted by molar-refractivity contribution is 0.0385. The van der Waals surface area contributed by atoms with Crippen LogP contribution in [0.3, 0.4) is 0 Å². The lowest BCUT2D eigenvalue weighted by Crippen LogP contribution is -2.37. The van der Waals surface area contributed by atoms with Gasteiger partial charge in [0.05, 0.1) is 18.2 Å². The number of carbonyl (C=O) groups is 1. The molecule has 8 nitrogen and oxygen atoms in total. The molecule has 2 fully saturated rings. The predicted octanol–water partition coefficient (Wildman–Crippen LogP) is 3.93. The average Bonchev–Trinajstić information content (AvgIpc) is 3.46. The Bertz CT molecular complexity index is 847. The van der Waals surface area contributed by atoms with E-state index in [-0.39, 0.29) is 12.1 Å². The monoisotopic (exact) mass is 457 g/mol. The van der Waals surface area contributed by atoms with Gasteiger partial charge in [0.1, 0.15) is 16.1 Å². The molecule has 0 aromatic carbocycles. The highest BCUT2D eigenvalue weighted by atomic mass is 35.5. The second-order valence-corrected chi connectivity index (χ2v) is 9.52. The van der Waals surface area contributed by atoms with Gasteiger partial charge in [0.15, 0.2) is 0 Å². The van der Waals surface area contributed by atoms with Gasteiger partial charge >= 0.3 is 6.03 Å². The fourth-order valence-corrected chi connectivity index (χ4v) is 5.60. The average molecular weight is 458 g/mol. The topological polar surface area (TPSA) is 88.6 Å². The van der Waals surface area contributed by atoms with Crippen LogP contribution >= 0.6 is 34.3 Å². The van der Waals surface area contributed by atoms with Crippen molar-refractivity contribution in [1.29, 1.82) is 0 Å². The Balaban J connectivity index is 1.33. The van der Waals surface area contributed by atoms with Crippen molar-refractivity contribution in [3.8, 4) is 0 Å². The first-order chi connectivity index (χ1) is 14.1. The third-order valence-corrected chi connectivity index (χ3v) is 7.81. The van der Waals surface area contributed by atoms with Crippen molar-refractivity contribution >= 4 is 50.4 Å². The second-order valence-electron chi connectivity index (χ2n) is 7.02. The van der Waals surface area contributed by atoms with Gasteiger partial charge in [0.2, 0.25) is 5.13 Å². The summed E-state index contributed by atoms with van der Waals surface area (Å²) in [6.45, 7) is 7.07. The van der Waals surface area contributed by atoms with Crippen molar-refractivity contribution in [2.45, 2.75) is 32.3 Å². The van der Waals surface area contributed by atoms with Crippen molar-refractivity contribution in [2.75, 3.05) is 50.1 Å². The molecule has 0 radical (unpaired) electrons. The first kappa shape index (κ1) is 21.0. The fraction of sp³-hybridized carbons (Fsp3) is 0.611. The molecule has 2 amide bonds. The lowest BCUT2D eigenvalue weighted by Gasteiger charge is -2.26. The summed E-state index contributed by atoms with van der Waals surface area (Å²) in [5.41, 5.74) is 0.890. The molecule has 0 bridgehead atoms. The van der Waals surface area contributed by atoms with Gasteiger partial charge in [-0.25, -0.2) is 4.79 Å². The number of morpholine rings is 1. The van der Waals surface area contributed by atoms with Gasteiger partial charge in [0, 0.05) is 36.7 Å². The van der Waals surface area contributed by atoms with Gasteiger partial charge in [-0.3, -0.25) is 15.5 Å². The summed E-state index contributed by atoms with van der Waals surface area (Å²) in [7, 11) is 0. The fourth-order valence-electron chi connectivity index (χ4n) is 3.34. The number of thiophene rings is 1. The SMILES string of the molecule is Cc1c(NC(=O)Nc2nnc(C3CCCO3)s2)sc(CCN2CCOCC2)c1Cl. The molecule has 2 aliphatic rings. The standard InChI is InChI=1S/C18H24ClN5O3S2/c1-11-14(19)13(4-5-24-6-9-26-10-7-24)28-15(11)20-17(25)21-18-23-22-16(29-18)12-3-2-8-27-12/h12H,2-10H2,1H3,(H2,20,21,23,25). The molecule has 4 rings (SSSR count). The number of hydrogen-bond donors (Lipinski definition) is 2. The van der Waals surface area contributed by atoms with Crippen molar-refractivity contribution in [3.63, 3.8) is 0 Å². The number of ether oxygens (including phenoxy) is 2. The first-order valence-corrected chi connectivity index (χ1v) is 11.7. The Morgan fingerprint density at radius 3 is 2.83 bits per heavy atom. The number of halogens is 1. The van der Waals surface area contributed by atoms with Gasteiger partial charge < -0.3 is 9.47 Å². The molecule has 0 aliphatic carbocycles. The number of anilines is 2. The van der Waals surface area contributed by atoms with E-state index in [0.29, 0.717) is 5.13 Å². The van der Waals surface area contributed by atoms with Crippen LogP contribution in [0, 0.1) is 6.92 Å². The number of rotatable bonds is 6. The number of nitrogens with one attached hydrogen (secondary N) is 2. The van der Waals surface area contributed by atoms with Crippen LogP contribution in [0.5, 0.6) is 0 Å². The smallest absolute Gasteiger partial charge is 0.326 e. The Morgan fingerprint density at radius 2 is 2.07 bits per heavy atom. The number of nitrogens with zero attached hydrogens (tertiary/aromatic N) is 3. The Hall–Kier alpha value is -1.30. The third kappa shape index (κ3) is 5.25. The molecule has 0 spiro atoms. The summed E-state index contributed by atoms with van der Waals surface area (Å²) in [4.78, 5) is 15.9.